The predicted molar refractivity (Wildman–Crippen MR) is 91.7 cm³/mol. The van der Waals surface area contributed by atoms with E-state index < -0.39 is 5.91 Å². The summed E-state index contributed by atoms with van der Waals surface area (Å²) >= 11 is 2.58. The van der Waals surface area contributed by atoms with Gasteiger partial charge in [0.05, 0.1) is 16.8 Å². The van der Waals surface area contributed by atoms with Crippen molar-refractivity contribution in [3.8, 4) is 0 Å². The molecule has 6 nitrogen and oxygen atoms in total. The molecule has 0 aliphatic rings. The van der Waals surface area contributed by atoms with Crippen molar-refractivity contribution in [2.24, 2.45) is 5.73 Å². The SMILES string of the molecule is NC(=O)c1ccsc1NC(=O)CSc1ncnc2ccccc12. The Hall–Kier alpha value is -2.45. The lowest BCUT2D eigenvalue weighted by Gasteiger charge is -2.06. The summed E-state index contributed by atoms with van der Waals surface area (Å²) in [6.07, 6.45) is 1.48. The highest BCUT2D eigenvalue weighted by atomic mass is 32.2. The fraction of sp³-hybridized carbons (Fsp3) is 0.0667. The Bertz CT molecular complexity index is 873. The minimum absolute atomic E-state index is 0.178. The maximum absolute atomic E-state index is 12.1. The molecule has 2 aromatic heterocycles. The molecule has 3 rings (SSSR count). The van der Waals surface area contributed by atoms with Crippen molar-refractivity contribution >= 4 is 50.8 Å². The van der Waals surface area contributed by atoms with E-state index in [1.54, 1.807) is 11.4 Å². The summed E-state index contributed by atoms with van der Waals surface area (Å²) in [5, 5.41) is 6.53. The molecule has 0 atom stereocenters. The van der Waals surface area contributed by atoms with Gasteiger partial charge in [-0.1, -0.05) is 30.0 Å². The molecule has 1 aromatic carbocycles. The Labute approximate surface area is 140 Å². The van der Waals surface area contributed by atoms with Gasteiger partial charge in [0, 0.05) is 5.39 Å². The van der Waals surface area contributed by atoms with Gasteiger partial charge in [0.1, 0.15) is 16.4 Å². The molecule has 0 saturated heterocycles. The van der Waals surface area contributed by atoms with E-state index in [1.807, 2.05) is 24.3 Å². The number of thioether (sulfide) groups is 1. The van der Waals surface area contributed by atoms with Gasteiger partial charge in [-0.05, 0) is 17.5 Å². The van der Waals surface area contributed by atoms with Gasteiger partial charge >= 0.3 is 0 Å². The van der Waals surface area contributed by atoms with Crippen molar-refractivity contribution in [1.82, 2.24) is 9.97 Å². The number of carbonyl (C=O) groups is 2. The van der Waals surface area contributed by atoms with Crippen LogP contribution in [0.5, 0.6) is 0 Å². The number of hydrogen-bond acceptors (Lipinski definition) is 6. The molecular formula is C15H12N4O2S2. The zero-order valence-corrected chi connectivity index (χ0v) is 13.5. The van der Waals surface area contributed by atoms with Gasteiger partial charge in [-0.2, -0.15) is 0 Å². The Morgan fingerprint density at radius 3 is 2.87 bits per heavy atom. The number of aromatic nitrogens is 2. The third-order valence-electron chi connectivity index (χ3n) is 3.03. The second-order valence-corrected chi connectivity index (χ2v) is 6.44. The first-order valence-electron chi connectivity index (χ1n) is 6.65. The molecule has 0 aliphatic carbocycles. The first kappa shape index (κ1) is 15.4. The predicted octanol–water partition coefficient (Wildman–Crippen LogP) is 2.52. The van der Waals surface area contributed by atoms with Crippen molar-refractivity contribution in [2.45, 2.75) is 5.03 Å². The lowest BCUT2D eigenvalue weighted by atomic mass is 10.2. The van der Waals surface area contributed by atoms with Gasteiger partial charge in [0.25, 0.3) is 5.91 Å². The summed E-state index contributed by atoms with van der Waals surface area (Å²) in [6.45, 7) is 0. The summed E-state index contributed by atoms with van der Waals surface area (Å²) < 4.78 is 0. The standard InChI is InChI=1S/C15H12N4O2S2/c16-13(21)10-5-6-22-15(10)19-12(20)7-23-14-9-3-1-2-4-11(9)17-8-18-14/h1-6,8H,7H2,(H2,16,21)(H,19,20). The molecule has 0 saturated carbocycles. The zero-order valence-electron chi connectivity index (χ0n) is 11.9. The smallest absolute Gasteiger partial charge is 0.251 e. The first-order chi connectivity index (χ1) is 11.1. The lowest BCUT2D eigenvalue weighted by Crippen LogP contribution is -2.17. The van der Waals surface area contributed by atoms with Gasteiger partial charge in [-0.3, -0.25) is 9.59 Å². The number of carbonyl (C=O) groups excluding carboxylic acids is 2. The quantitative estimate of drug-likeness (QED) is 0.547. The maximum Gasteiger partial charge on any atom is 0.251 e. The summed E-state index contributed by atoms with van der Waals surface area (Å²) in [4.78, 5) is 31.7. The van der Waals surface area contributed by atoms with Crippen LogP contribution in [0.25, 0.3) is 10.9 Å². The van der Waals surface area contributed by atoms with Crippen LogP contribution in [-0.2, 0) is 4.79 Å². The largest absolute Gasteiger partial charge is 0.366 e. The molecule has 116 valence electrons. The van der Waals surface area contributed by atoms with Crippen LogP contribution in [0.4, 0.5) is 5.00 Å². The van der Waals surface area contributed by atoms with Gasteiger partial charge in [-0.25, -0.2) is 9.97 Å². The highest BCUT2D eigenvalue weighted by Crippen LogP contribution is 2.26. The van der Waals surface area contributed by atoms with Gasteiger partial charge in [0.15, 0.2) is 0 Å². The number of rotatable bonds is 5. The monoisotopic (exact) mass is 344 g/mol. The van der Waals surface area contributed by atoms with Crippen molar-refractivity contribution in [1.29, 1.82) is 0 Å². The van der Waals surface area contributed by atoms with Crippen LogP contribution in [0.15, 0.2) is 47.1 Å². The number of nitrogens with one attached hydrogen (secondary N) is 1. The first-order valence-corrected chi connectivity index (χ1v) is 8.51. The van der Waals surface area contributed by atoms with Crippen LogP contribution in [0.3, 0.4) is 0 Å². The van der Waals surface area contributed by atoms with Crippen LogP contribution in [0.1, 0.15) is 10.4 Å². The highest BCUT2D eigenvalue weighted by molar-refractivity contribution is 8.00. The number of hydrogen-bond donors (Lipinski definition) is 2. The van der Waals surface area contributed by atoms with Crippen LogP contribution in [0, 0.1) is 0 Å². The fourth-order valence-corrected chi connectivity index (χ4v) is 3.59. The number of nitrogens with two attached hydrogens (primary N) is 1. The van der Waals surface area contributed by atoms with Crippen LogP contribution in [0.2, 0.25) is 0 Å². The second-order valence-electron chi connectivity index (χ2n) is 4.56. The Morgan fingerprint density at radius 1 is 1.22 bits per heavy atom. The van der Waals surface area contributed by atoms with Gasteiger partial charge in [0.2, 0.25) is 5.91 Å². The Kier molecular flexibility index (Phi) is 4.54. The lowest BCUT2D eigenvalue weighted by molar-refractivity contribution is -0.113. The highest BCUT2D eigenvalue weighted by Gasteiger charge is 2.13. The molecule has 3 aromatic rings. The van der Waals surface area contributed by atoms with E-state index in [9.17, 15) is 9.59 Å². The van der Waals surface area contributed by atoms with Crippen molar-refractivity contribution in [2.75, 3.05) is 11.1 Å². The van der Waals surface area contributed by atoms with Gasteiger partial charge in [-0.15, -0.1) is 11.3 Å². The van der Waals surface area contributed by atoms with Gasteiger partial charge < -0.3 is 11.1 Å². The second kappa shape index (κ2) is 6.76. The Morgan fingerprint density at radius 2 is 2.04 bits per heavy atom. The molecule has 0 fully saturated rings. The number of thiophene rings is 1. The summed E-state index contributed by atoms with van der Waals surface area (Å²) in [5.74, 6) is -0.601. The average molecular weight is 344 g/mol. The van der Waals surface area contributed by atoms with E-state index >= 15 is 0 Å². The molecule has 0 spiro atoms. The normalized spacial score (nSPS) is 10.6. The minimum atomic E-state index is -0.559. The molecule has 23 heavy (non-hydrogen) atoms. The zero-order chi connectivity index (χ0) is 16.2. The fourth-order valence-electron chi connectivity index (χ4n) is 1.99. The van der Waals surface area contributed by atoms with E-state index in [-0.39, 0.29) is 11.7 Å². The summed E-state index contributed by atoms with van der Waals surface area (Å²) in [6, 6.07) is 9.21. The van der Waals surface area contributed by atoms with Crippen molar-refractivity contribution < 1.29 is 9.59 Å². The van der Waals surface area contributed by atoms with E-state index in [0.717, 1.165) is 15.9 Å². The third kappa shape index (κ3) is 3.49. The van der Waals surface area contributed by atoms with Crippen LogP contribution >= 0.6 is 23.1 Å². The topological polar surface area (TPSA) is 98.0 Å². The molecule has 2 heterocycles. The molecule has 0 bridgehead atoms. The summed E-state index contributed by atoms with van der Waals surface area (Å²) in [7, 11) is 0. The number of anilines is 1. The maximum atomic E-state index is 12.1. The number of amides is 2. The van der Waals surface area contributed by atoms with E-state index in [2.05, 4.69) is 15.3 Å². The van der Waals surface area contributed by atoms with Crippen LogP contribution < -0.4 is 11.1 Å². The number of para-hydroxylation sites is 1. The number of primary amides is 1. The van der Waals surface area contributed by atoms with Crippen LogP contribution in [-0.4, -0.2) is 27.5 Å². The summed E-state index contributed by atoms with van der Waals surface area (Å²) in [5.41, 5.74) is 6.41. The van der Waals surface area contributed by atoms with Crippen molar-refractivity contribution in [3.05, 3.63) is 47.6 Å². The number of nitrogens with zero attached hydrogens (tertiary/aromatic N) is 2. The average Bonchev–Trinajstić information content (AvgIpc) is 3.01. The molecule has 0 unspecified atom stereocenters. The van der Waals surface area contributed by atoms with Crippen molar-refractivity contribution in [3.63, 3.8) is 0 Å². The van der Waals surface area contributed by atoms with E-state index in [1.165, 1.54) is 29.4 Å². The molecule has 2 amide bonds. The molecule has 8 heteroatoms. The third-order valence-corrected chi connectivity index (χ3v) is 4.87. The van der Waals surface area contributed by atoms with E-state index in [4.69, 9.17) is 5.73 Å². The molecule has 0 radical (unpaired) electrons. The molecular weight excluding hydrogens is 332 g/mol. The minimum Gasteiger partial charge on any atom is -0.366 e. The van der Waals surface area contributed by atoms with E-state index in [0.29, 0.717) is 10.6 Å². The Balaban J connectivity index is 1.69. The molecule has 3 N–H and O–H groups in total. The molecule has 0 aliphatic heterocycles. The number of benzene rings is 1. The number of fused-ring (bicyclic) bond motifs is 1.